The number of hydrogen-bond donors (Lipinski definition) is 1. The second-order valence-electron chi connectivity index (χ2n) is 4.99. The molecule has 0 unspecified atom stereocenters. The second kappa shape index (κ2) is 7.13. The van der Waals surface area contributed by atoms with Crippen LogP contribution in [0, 0.1) is 3.70 Å². The molecule has 0 saturated carbocycles. The molecule has 26 heavy (non-hydrogen) atoms. The van der Waals surface area contributed by atoms with E-state index in [0.717, 1.165) is 3.70 Å². The molecule has 1 N–H and O–H groups in total. The van der Waals surface area contributed by atoms with Crippen molar-refractivity contribution < 1.29 is 9.53 Å². The van der Waals surface area contributed by atoms with E-state index in [4.69, 9.17) is 16.3 Å². The molecule has 4 aromatic rings. The Morgan fingerprint density at radius 3 is 2.96 bits per heavy atom. The molecule has 0 aromatic carbocycles. The van der Waals surface area contributed by atoms with Gasteiger partial charge in [-0.2, -0.15) is 5.10 Å². The summed E-state index contributed by atoms with van der Waals surface area (Å²) in [5, 5.41) is 9.63. The van der Waals surface area contributed by atoms with Gasteiger partial charge in [-0.25, -0.2) is 14.5 Å². The summed E-state index contributed by atoms with van der Waals surface area (Å²) in [6.45, 7) is 0. The number of thiazole rings is 1. The van der Waals surface area contributed by atoms with Gasteiger partial charge in [0, 0.05) is 17.6 Å². The molecular formula is C15H8ClIN6O2S. The molecule has 4 rings (SSSR count). The summed E-state index contributed by atoms with van der Waals surface area (Å²) in [5.41, 5.74) is 0.713. The van der Waals surface area contributed by atoms with Crippen LogP contribution in [-0.4, -0.2) is 30.5 Å². The van der Waals surface area contributed by atoms with E-state index in [0.29, 0.717) is 32.9 Å². The normalized spacial score (nSPS) is 10.8. The number of hydrogen-bond acceptors (Lipinski definition) is 7. The zero-order valence-corrected chi connectivity index (χ0v) is 16.5. The maximum absolute atomic E-state index is 12.7. The van der Waals surface area contributed by atoms with Crippen LogP contribution in [0.2, 0.25) is 5.02 Å². The molecular weight excluding hydrogens is 491 g/mol. The van der Waals surface area contributed by atoms with Gasteiger partial charge in [-0.05, 0) is 28.7 Å². The van der Waals surface area contributed by atoms with Gasteiger partial charge in [-0.1, -0.05) is 11.6 Å². The molecule has 1 amide bonds. The molecule has 0 bridgehead atoms. The van der Waals surface area contributed by atoms with Crippen molar-refractivity contribution in [3.63, 3.8) is 0 Å². The lowest BCUT2D eigenvalue weighted by atomic mass is 10.2. The maximum atomic E-state index is 12.7. The summed E-state index contributed by atoms with van der Waals surface area (Å²) in [6, 6.07) is 3.20. The molecule has 4 heterocycles. The second-order valence-corrected chi connectivity index (χ2v) is 7.39. The fourth-order valence-electron chi connectivity index (χ4n) is 2.19. The number of carbonyl (C=O) groups is 1. The van der Waals surface area contributed by atoms with Crippen LogP contribution in [-0.2, 0) is 0 Å². The van der Waals surface area contributed by atoms with Crippen molar-refractivity contribution in [2.24, 2.45) is 0 Å². The number of pyridine rings is 2. The van der Waals surface area contributed by atoms with Crippen LogP contribution in [0.3, 0.4) is 0 Å². The van der Waals surface area contributed by atoms with E-state index in [1.165, 1.54) is 34.6 Å². The lowest BCUT2D eigenvalue weighted by molar-refractivity contribution is 0.102. The lowest BCUT2D eigenvalue weighted by Gasteiger charge is -2.09. The third kappa shape index (κ3) is 3.61. The highest BCUT2D eigenvalue weighted by atomic mass is 127. The average molecular weight is 499 g/mol. The Balaban J connectivity index is 1.69. The van der Waals surface area contributed by atoms with Gasteiger partial charge in [0.25, 0.3) is 5.91 Å². The minimum atomic E-state index is -0.358. The van der Waals surface area contributed by atoms with Gasteiger partial charge in [-0.15, -0.1) is 11.3 Å². The smallest absolute Gasteiger partial charge is 0.261 e. The third-order valence-corrected chi connectivity index (χ3v) is 5.15. The van der Waals surface area contributed by atoms with Crippen LogP contribution >= 0.6 is 45.5 Å². The number of nitrogens with zero attached hydrogens (tertiary/aromatic N) is 5. The van der Waals surface area contributed by atoms with E-state index in [1.54, 1.807) is 18.3 Å². The molecule has 0 atom stereocenters. The number of nitrogens with one attached hydrogen (secondary N) is 1. The van der Waals surface area contributed by atoms with E-state index < -0.39 is 0 Å². The number of rotatable bonds is 4. The predicted octanol–water partition coefficient (Wildman–Crippen LogP) is 3.88. The van der Waals surface area contributed by atoms with Gasteiger partial charge < -0.3 is 4.74 Å². The van der Waals surface area contributed by atoms with Crippen molar-refractivity contribution >= 4 is 62.2 Å². The van der Waals surface area contributed by atoms with E-state index in [-0.39, 0.29) is 5.91 Å². The number of ether oxygens (including phenoxy) is 1. The van der Waals surface area contributed by atoms with Crippen LogP contribution in [0.4, 0.5) is 5.13 Å². The van der Waals surface area contributed by atoms with Gasteiger partial charge in [0.05, 0.1) is 23.0 Å². The van der Waals surface area contributed by atoms with Crippen LogP contribution in [0.25, 0.3) is 5.65 Å². The minimum absolute atomic E-state index is 0.306. The van der Waals surface area contributed by atoms with E-state index in [2.05, 4.69) is 48.0 Å². The first kappa shape index (κ1) is 17.1. The lowest BCUT2D eigenvalue weighted by Crippen LogP contribution is -2.14. The van der Waals surface area contributed by atoms with Crippen LogP contribution in [0.5, 0.6) is 11.5 Å². The van der Waals surface area contributed by atoms with Gasteiger partial charge in [0.15, 0.2) is 10.8 Å². The number of carbonyl (C=O) groups excluding carboxylic acids is 1. The number of anilines is 1. The minimum Gasteiger partial charge on any atom is -0.454 e. The van der Waals surface area contributed by atoms with Crippen molar-refractivity contribution in [1.29, 1.82) is 0 Å². The summed E-state index contributed by atoms with van der Waals surface area (Å²) in [5.74, 6) is 0.479. The third-order valence-electron chi connectivity index (χ3n) is 3.21. The molecule has 4 aromatic heterocycles. The molecule has 8 nitrogen and oxygen atoms in total. The van der Waals surface area contributed by atoms with Crippen LogP contribution < -0.4 is 10.1 Å². The Morgan fingerprint density at radius 1 is 1.31 bits per heavy atom. The first-order valence-electron chi connectivity index (χ1n) is 7.12. The Bertz CT molecular complexity index is 1110. The van der Waals surface area contributed by atoms with Crippen LogP contribution in [0.1, 0.15) is 10.4 Å². The molecule has 0 aliphatic carbocycles. The topological polar surface area (TPSA) is 94.3 Å². The number of aromatic nitrogens is 5. The quantitative estimate of drug-likeness (QED) is 0.429. The Morgan fingerprint density at radius 2 is 2.19 bits per heavy atom. The van der Waals surface area contributed by atoms with Crippen molar-refractivity contribution in [3.8, 4) is 11.5 Å². The molecule has 0 fully saturated rings. The highest BCUT2D eigenvalue weighted by molar-refractivity contribution is 14.1. The summed E-state index contributed by atoms with van der Waals surface area (Å²) >= 11 is 9.34. The Kier molecular flexibility index (Phi) is 4.70. The largest absolute Gasteiger partial charge is 0.454 e. The van der Waals surface area contributed by atoms with Gasteiger partial charge in [0.1, 0.15) is 21.5 Å². The molecule has 0 spiro atoms. The predicted molar refractivity (Wildman–Crippen MR) is 105 cm³/mol. The number of fused-ring (bicyclic) bond motifs is 1. The molecule has 0 saturated heterocycles. The first-order valence-corrected chi connectivity index (χ1v) is 9.46. The zero-order valence-electron chi connectivity index (χ0n) is 12.8. The summed E-state index contributed by atoms with van der Waals surface area (Å²) < 4.78 is 8.02. The highest BCUT2D eigenvalue weighted by Crippen LogP contribution is 2.26. The monoisotopic (exact) mass is 498 g/mol. The first-order chi connectivity index (χ1) is 12.6. The van der Waals surface area contributed by atoms with Crippen molar-refractivity contribution in [2.75, 3.05) is 5.32 Å². The summed E-state index contributed by atoms with van der Waals surface area (Å²) in [7, 11) is 0. The molecule has 0 aliphatic rings. The summed E-state index contributed by atoms with van der Waals surface area (Å²) in [6.07, 6.45) is 6.01. The zero-order chi connectivity index (χ0) is 18.1. The van der Waals surface area contributed by atoms with Gasteiger partial charge >= 0.3 is 0 Å². The average Bonchev–Trinajstić information content (AvgIpc) is 3.23. The van der Waals surface area contributed by atoms with Crippen molar-refractivity contribution in [2.45, 2.75) is 0 Å². The Hall–Kier alpha value is -2.31. The number of halogens is 2. The van der Waals surface area contributed by atoms with Crippen LogP contribution in [0.15, 0.2) is 42.4 Å². The highest BCUT2D eigenvalue weighted by Gasteiger charge is 2.17. The van der Waals surface area contributed by atoms with Gasteiger partial charge in [0.2, 0.25) is 0 Å². The molecule has 11 heteroatoms. The number of amides is 1. The van der Waals surface area contributed by atoms with E-state index >= 15 is 0 Å². The fourth-order valence-corrected chi connectivity index (χ4v) is 3.70. The molecule has 130 valence electrons. The van der Waals surface area contributed by atoms with Gasteiger partial charge in [-0.3, -0.25) is 15.1 Å². The Labute approximate surface area is 169 Å². The van der Waals surface area contributed by atoms with Crippen molar-refractivity contribution in [3.05, 3.63) is 56.7 Å². The molecule has 0 radical (unpaired) electrons. The fraction of sp³-hybridized carbons (Fsp3) is 0. The van der Waals surface area contributed by atoms with E-state index in [9.17, 15) is 4.79 Å². The maximum Gasteiger partial charge on any atom is 0.261 e. The SMILES string of the molecule is O=C(Nc1nc(I)cs1)c1cc(Oc2cncc(Cl)c2)cn2ncnc12. The molecule has 0 aliphatic heterocycles. The standard InChI is InChI=1S/C15H8ClIN6O2S/c16-8-1-9(4-18-3-8)25-10-2-11(13-19-7-20-23(13)5-10)14(24)22-15-21-12(17)6-26-15/h1-7H,(H,21,22,24). The summed E-state index contributed by atoms with van der Waals surface area (Å²) in [4.78, 5) is 25.0. The van der Waals surface area contributed by atoms with E-state index in [1.807, 2.05) is 5.38 Å². The van der Waals surface area contributed by atoms with Crippen molar-refractivity contribution in [1.82, 2.24) is 24.6 Å².